The highest BCUT2D eigenvalue weighted by atomic mass is 32.1. The summed E-state index contributed by atoms with van der Waals surface area (Å²) in [6, 6.07) is 17.7. The molecule has 0 aliphatic carbocycles. The van der Waals surface area contributed by atoms with Crippen LogP contribution in [0, 0.1) is 12.7 Å². The molecule has 0 atom stereocenters. The second kappa shape index (κ2) is 12.4. The van der Waals surface area contributed by atoms with Crippen LogP contribution in [-0.4, -0.2) is 40.8 Å². The Morgan fingerprint density at radius 3 is 2.26 bits per heavy atom. The van der Waals surface area contributed by atoms with Crippen molar-refractivity contribution < 1.29 is 18.7 Å². The predicted molar refractivity (Wildman–Crippen MR) is 133 cm³/mol. The number of rotatable bonds is 11. The van der Waals surface area contributed by atoms with Crippen molar-refractivity contribution in [1.82, 2.24) is 9.80 Å². The largest absolute Gasteiger partial charge is 0.367 e. The molecule has 2 aromatic carbocycles. The topological polar surface area (TPSA) is 49.9 Å². The molecule has 0 saturated carbocycles. The maximum absolute atomic E-state index is 13.4. The molecule has 0 N–H and O–H groups in total. The van der Waals surface area contributed by atoms with Gasteiger partial charge in [-0.05, 0) is 61.0 Å². The van der Waals surface area contributed by atoms with Gasteiger partial charge in [-0.25, -0.2) is 4.39 Å². The van der Waals surface area contributed by atoms with E-state index in [4.69, 9.17) is 4.74 Å². The lowest BCUT2D eigenvalue weighted by atomic mass is 10.2. The minimum absolute atomic E-state index is 0.0448. The van der Waals surface area contributed by atoms with E-state index in [1.165, 1.54) is 12.1 Å². The molecule has 2 amide bonds. The Balaban J connectivity index is 1.67. The van der Waals surface area contributed by atoms with Gasteiger partial charge in [0.05, 0.1) is 13.2 Å². The lowest BCUT2D eigenvalue weighted by Gasteiger charge is -2.30. The number of aryl methyl sites for hydroxylation is 1. The van der Waals surface area contributed by atoms with E-state index in [0.29, 0.717) is 19.7 Å². The first-order valence-corrected chi connectivity index (χ1v) is 12.2. The number of thiophene rings is 1. The molecule has 0 bridgehead atoms. The molecule has 3 rings (SSSR count). The smallest absolute Gasteiger partial charge is 0.249 e. The van der Waals surface area contributed by atoms with Crippen molar-refractivity contribution >= 4 is 23.2 Å². The van der Waals surface area contributed by atoms with Crippen LogP contribution in [0.5, 0.6) is 0 Å². The summed E-state index contributed by atoms with van der Waals surface area (Å²) in [5.74, 6) is -0.710. The van der Waals surface area contributed by atoms with Crippen LogP contribution in [0.25, 0.3) is 0 Å². The first-order valence-electron chi connectivity index (χ1n) is 11.3. The average molecular weight is 483 g/mol. The van der Waals surface area contributed by atoms with Crippen LogP contribution in [0.4, 0.5) is 4.39 Å². The van der Waals surface area contributed by atoms with Gasteiger partial charge in [0, 0.05) is 17.5 Å². The fraction of sp³-hybridized carbons (Fsp3) is 0.333. The Hall–Kier alpha value is -3.03. The van der Waals surface area contributed by atoms with Crippen LogP contribution in [0.3, 0.4) is 0 Å². The summed E-state index contributed by atoms with van der Waals surface area (Å²) >= 11 is 1.59. The Morgan fingerprint density at radius 2 is 1.65 bits per heavy atom. The van der Waals surface area contributed by atoms with E-state index in [-0.39, 0.29) is 36.8 Å². The number of nitrogens with zero attached hydrogens (tertiary/aromatic N) is 2. The summed E-state index contributed by atoms with van der Waals surface area (Å²) in [6.07, 6.45) is 0. The lowest BCUT2D eigenvalue weighted by molar-refractivity contribution is -0.145. The molecule has 0 saturated heterocycles. The lowest BCUT2D eigenvalue weighted by Crippen LogP contribution is -2.46. The molecular formula is C27H31FN2O3S. The van der Waals surface area contributed by atoms with Gasteiger partial charge in [-0.15, -0.1) is 11.3 Å². The number of hydrogen-bond acceptors (Lipinski definition) is 4. The van der Waals surface area contributed by atoms with Crippen LogP contribution < -0.4 is 0 Å². The zero-order chi connectivity index (χ0) is 24.5. The third-order valence-corrected chi connectivity index (χ3v) is 6.54. The fourth-order valence-corrected chi connectivity index (χ4v) is 4.42. The molecule has 180 valence electrons. The second-order valence-electron chi connectivity index (χ2n) is 8.50. The molecule has 3 aromatic rings. The molecule has 1 aromatic heterocycles. The first-order chi connectivity index (χ1) is 16.3. The monoisotopic (exact) mass is 482 g/mol. The van der Waals surface area contributed by atoms with Crippen molar-refractivity contribution in [2.24, 2.45) is 0 Å². The third kappa shape index (κ3) is 7.50. The molecule has 0 spiro atoms. The molecule has 0 aliphatic rings. The number of amides is 2. The molecule has 5 nitrogen and oxygen atoms in total. The standard InChI is InChI=1S/C27H31FN2O3S/c1-20(2)30(27(32)19-33-18-23-7-5-4-6-8-23)17-26(31)29(16-25-21(3)13-14-34-25)15-22-9-11-24(28)12-10-22/h4-14,20H,15-19H2,1-3H3. The van der Waals surface area contributed by atoms with Gasteiger partial charge in [0.25, 0.3) is 0 Å². The van der Waals surface area contributed by atoms with E-state index in [2.05, 4.69) is 0 Å². The predicted octanol–water partition coefficient (Wildman–Crippen LogP) is 5.18. The Labute approximate surface area is 204 Å². The Morgan fingerprint density at radius 1 is 0.941 bits per heavy atom. The van der Waals surface area contributed by atoms with Crippen molar-refractivity contribution in [3.8, 4) is 0 Å². The molecule has 34 heavy (non-hydrogen) atoms. The van der Waals surface area contributed by atoms with Gasteiger partial charge in [0.1, 0.15) is 19.0 Å². The Kier molecular flexibility index (Phi) is 9.36. The summed E-state index contributed by atoms with van der Waals surface area (Å²) in [4.78, 5) is 30.6. The molecule has 0 radical (unpaired) electrons. The van der Waals surface area contributed by atoms with E-state index < -0.39 is 0 Å². The van der Waals surface area contributed by atoms with Gasteiger partial charge in [-0.3, -0.25) is 9.59 Å². The van der Waals surface area contributed by atoms with Crippen molar-refractivity contribution in [1.29, 1.82) is 0 Å². The zero-order valence-corrected chi connectivity index (χ0v) is 20.7. The number of hydrogen-bond donors (Lipinski definition) is 0. The summed E-state index contributed by atoms with van der Waals surface area (Å²) < 4.78 is 19.0. The van der Waals surface area contributed by atoms with E-state index >= 15 is 0 Å². The molecule has 1 heterocycles. The number of carbonyl (C=O) groups excluding carboxylic acids is 2. The van der Waals surface area contributed by atoms with Gasteiger partial charge >= 0.3 is 0 Å². The van der Waals surface area contributed by atoms with Crippen LogP contribution in [0.1, 0.15) is 35.4 Å². The Bertz CT molecular complexity index is 1070. The number of carbonyl (C=O) groups is 2. The number of benzene rings is 2. The molecular weight excluding hydrogens is 451 g/mol. The number of ether oxygens (including phenoxy) is 1. The third-order valence-electron chi connectivity index (χ3n) is 5.53. The maximum Gasteiger partial charge on any atom is 0.249 e. The highest BCUT2D eigenvalue weighted by molar-refractivity contribution is 7.10. The van der Waals surface area contributed by atoms with E-state index in [0.717, 1.165) is 21.6 Å². The number of halogens is 1. The fourth-order valence-electron chi connectivity index (χ4n) is 3.50. The van der Waals surface area contributed by atoms with E-state index in [1.807, 2.05) is 62.5 Å². The summed E-state index contributed by atoms with van der Waals surface area (Å²) in [6.45, 7) is 6.75. The van der Waals surface area contributed by atoms with Gasteiger partial charge in [-0.2, -0.15) is 0 Å². The van der Waals surface area contributed by atoms with Crippen molar-refractivity contribution in [3.63, 3.8) is 0 Å². The second-order valence-corrected chi connectivity index (χ2v) is 9.50. The SMILES string of the molecule is Cc1ccsc1CN(Cc1ccc(F)cc1)C(=O)CN(C(=O)COCc1ccccc1)C(C)C. The molecule has 0 unspecified atom stereocenters. The minimum Gasteiger partial charge on any atom is -0.367 e. The van der Waals surface area contributed by atoms with Crippen molar-refractivity contribution in [2.75, 3.05) is 13.2 Å². The molecule has 7 heteroatoms. The zero-order valence-electron chi connectivity index (χ0n) is 19.9. The van der Waals surface area contributed by atoms with Gasteiger partial charge in [0.15, 0.2) is 0 Å². The van der Waals surface area contributed by atoms with Crippen LogP contribution in [-0.2, 0) is 34.0 Å². The normalized spacial score (nSPS) is 11.0. The van der Waals surface area contributed by atoms with Crippen molar-refractivity contribution in [2.45, 2.75) is 46.5 Å². The van der Waals surface area contributed by atoms with Crippen LogP contribution in [0.2, 0.25) is 0 Å². The maximum atomic E-state index is 13.4. The summed E-state index contributed by atoms with van der Waals surface area (Å²) in [7, 11) is 0. The molecule has 0 aliphatic heterocycles. The quantitative estimate of drug-likeness (QED) is 0.379. The average Bonchev–Trinajstić information content (AvgIpc) is 3.23. The highest BCUT2D eigenvalue weighted by Crippen LogP contribution is 2.20. The van der Waals surface area contributed by atoms with Gasteiger partial charge in [-0.1, -0.05) is 42.5 Å². The molecule has 0 fully saturated rings. The van der Waals surface area contributed by atoms with E-state index in [1.54, 1.807) is 33.3 Å². The van der Waals surface area contributed by atoms with Gasteiger partial charge < -0.3 is 14.5 Å². The summed E-state index contributed by atoms with van der Waals surface area (Å²) in [5.41, 5.74) is 2.94. The summed E-state index contributed by atoms with van der Waals surface area (Å²) in [5, 5.41) is 2.00. The van der Waals surface area contributed by atoms with Crippen LogP contribution in [0.15, 0.2) is 66.0 Å². The van der Waals surface area contributed by atoms with Gasteiger partial charge in [0.2, 0.25) is 11.8 Å². The van der Waals surface area contributed by atoms with Crippen LogP contribution >= 0.6 is 11.3 Å². The first kappa shape index (κ1) is 25.6. The van der Waals surface area contributed by atoms with Crippen molar-refractivity contribution in [3.05, 3.63) is 93.4 Å². The van der Waals surface area contributed by atoms with E-state index in [9.17, 15) is 14.0 Å². The highest BCUT2D eigenvalue weighted by Gasteiger charge is 2.24. The minimum atomic E-state index is -0.317.